The Kier molecular flexibility index (Phi) is 6.96. The Hall–Kier alpha value is -2.52. The molecular weight excluding hydrogens is 434 g/mol. The zero-order valence-corrected chi connectivity index (χ0v) is 18.9. The number of sulfone groups is 1. The predicted molar refractivity (Wildman–Crippen MR) is 119 cm³/mol. The maximum absolute atomic E-state index is 13.2. The van der Waals surface area contributed by atoms with Crippen molar-refractivity contribution < 1.29 is 21.9 Å². The van der Waals surface area contributed by atoms with Crippen LogP contribution in [-0.2, 0) is 26.3 Å². The molecule has 0 saturated carbocycles. The lowest BCUT2D eigenvalue weighted by Gasteiger charge is -2.19. The lowest BCUT2D eigenvalue weighted by molar-refractivity contribution is 0.255. The van der Waals surface area contributed by atoms with Crippen molar-refractivity contribution in [1.82, 2.24) is 4.72 Å². The van der Waals surface area contributed by atoms with E-state index in [9.17, 15) is 21.9 Å². The molecule has 0 amide bonds. The maximum atomic E-state index is 13.2. The van der Waals surface area contributed by atoms with Crippen LogP contribution in [0.15, 0.2) is 87.5 Å². The zero-order valence-electron chi connectivity index (χ0n) is 17.3. The Bertz CT molecular complexity index is 1250. The molecule has 0 aliphatic carbocycles. The Morgan fingerprint density at radius 2 is 1.29 bits per heavy atom. The van der Waals surface area contributed by atoms with Crippen LogP contribution in [0.1, 0.15) is 16.7 Å². The lowest BCUT2D eigenvalue weighted by atomic mass is 10.1. The molecule has 0 aliphatic heterocycles. The lowest BCUT2D eigenvalue weighted by Crippen LogP contribution is -2.39. The average molecular weight is 460 g/mol. The number of aliphatic hydroxyl groups is 1. The van der Waals surface area contributed by atoms with E-state index in [0.29, 0.717) is 5.56 Å². The van der Waals surface area contributed by atoms with Gasteiger partial charge in [-0.3, -0.25) is 0 Å². The number of nitrogens with one attached hydrogen (secondary N) is 1. The van der Waals surface area contributed by atoms with E-state index in [1.165, 1.54) is 18.2 Å². The van der Waals surface area contributed by atoms with E-state index in [1.54, 1.807) is 54.6 Å². The summed E-state index contributed by atoms with van der Waals surface area (Å²) in [6.45, 7) is 3.24. The van der Waals surface area contributed by atoms with E-state index in [0.717, 1.165) is 11.1 Å². The topological polar surface area (TPSA) is 101 Å². The van der Waals surface area contributed by atoms with Crippen LogP contribution in [0.3, 0.4) is 0 Å². The van der Waals surface area contributed by atoms with Gasteiger partial charge < -0.3 is 5.11 Å². The Morgan fingerprint density at radius 1 is 0.774 bits per heavy atom. The number of hydrogen-bond acceptors (Lipinski definition) is 5. The molecule has 3 aromatic rings. The smallest absolute Gasteiger partial charge is 0.240 e. The summed E-state index contributed by atoms with van der Waals surface area (Å²) in [5.74, 6) is 0. The van der Waals surface area contributed by atoms with E-state index in [4.69, 9.17) is 0 Å². The molecule has 0 spiro atoms. The van der Waals surface area contributed by atoms with Crippen LogP contribution < -0.4 is 4.72 Å². The molecule has 3 rings (SSSR count). The molecule has 0 unspecified atom stereocenters. The number of hydrogen-bond donors (Lipinski definition) is 2. The second kappa shape index (κ2) is 9.32. The molecule has 0 heterocycles. The van der Waals surface area contributed by atoms with Gasteiger partial charge in [-0.25, -0.2) is 21.6 Å². The van der Waals surface area contributed by atoms with Crippen LogP contribution >= 0.6 is 0 Å². The van der Waals surface area contributed by atoms with Crippen LogP contribution in [0.25, 0.3) is 0 Å². The minimum absolute atomic E-state index is 0.0167. The second-order valence-electron chi connectivity index (χ2n) is 7.44. The van der Waals surface area contributed by atoms with Crippen molar-refractivity contribution in [3.63, 3.8) is 0 Å². The summed E-state index contributed by atoms with van der Waals surface area (Å²) in [7, 11) is -7.67. The Balaban J connectivity index is 1.90. The fraction of sp³-hybridized carbons (Fsp3) is 0.217. The van der Waals surface area contributed by atoms with Gasteiger partial charge in [0.05, 0.1) is 21.3 Å². The van der Waals surface area contributed by atoms with Gasteiger partial charge in [-0.15, -0.1) is 0 Å². The number of benzene rings is 3. The Labute approximate surface area is 183 Å². The van der Waals surface area contributed by atoms with E-state index in [1.807, 2.05) is 13.8 Å². The highest BCUT2D eigenvalue weighted by Gasteiger charge is 2.25. The van der Waals surface area contributed by atoms with E-state index < -0.39 is 32.5 Å². The van der Waals surface area contributed by atoms with E-state index in [2.05, 4.69) is 4.72 Å². The first kappa shape index (κ1) is 23.1. The maximum Gasteiger partial charge on any atom is 0.240 e. The first-order chi connectivity index (χ1) is 14.6. The van der Waals surface area contributed by atoms with Gasteiger partial charge in [0.2, 0.25) is 19.9 Å². The van der Waals surface area contributed by atoms with Crippen LogP contribution in [0.4, 0.5) is 0 Å². The van der Waals surface area contributed by atoms with Crippen molar-refractivity contribution in [2.24, 2.45) is 0 Å². The van der Waals surface area contributed by atoms with Crippen LogP contribution in [0.5, 0.6) is 0 Å². The minimum atomic E-state index is -3.87. The highest BCUT2D eigenvalue weighted by atomic mass is 32.2. The van der Waals surface area contributed by atoms with Crippen LogP contribution in [0, 0.1) is 13.8 Å². The third-order valence-electron chi connectivity index (χ3n) is 4.93. The standard InChI is InChI=1S/C23H25NO5S2/c1-17-7-11-21(12-8-17)30(26,27)23-6-4-3-5-19(23)15-20(16-25)24-31(28,29)22-13-9-18(2)10-14-22/h3-14,20,24-25H,15-16H2,1-2H3/t20-/m1/s1. The van der Waals surface area contributed by atoms with Crippen molar-refractivity contribution in [3.05, 3.63) is 89.5 Å². The van der Waals surface area contributed by atoms with Gasteiger partial charge in [-0.05, 0) is 56.2 Å². The fourth-order valence-electron chi connectivity index (χ4n) is 3.19. The van der Waals surface area contributed by atoms with Gasteiger partial charge in [0.15, 0.2) is 0 Å². The Morgan fingerprint density at radius 3 is 1.84 bits per heavy atom. The normalized spacial score (nSPS) is 13.1. The summed E-state index contributed by atoms with van der Waals surface area (Å²) < 4.78 is 54.2. The summed E-state index contributed by atoms with van der Waals surface area (Å²) in [5.41, 5.74) is 2.29. The van der Waals surface area contributed by atoms with Crippen LogP contribution in [0.2, 0.25) is 0 Å². The monoisotopic (exact) mass is 459 g/mol. The molecule has 0 bridgehead atoms. The molecule has 0 radical (unpaired) electrons. The van der Waals surface area contributed by atoms with Crippen molar-refractivity contribution in [1.29, 1.82) is 0 Å². The number of rotatable bonds is 8. The predicted octanol–water partition coefficient (Wildman–Crippen LogP) is 3.02. The minimum Gasteiger partial charge on any atom is -0.395 e. The fourth-order valence-corrected chi connectivity index (χ4v) is 5.92. The van der Waals surface area contributed by atoms with Crippen molar-refractivity contribution in [2.75, 3.05) is 6.61 Å². The molecule has 164 valence electrons. The van der Waals surface area contributed by atoms with Gasteiger partial charge in [-0.2, -0.15) is 0 Å². The highest BCUT2D eigenvalue weighted by molar-refractivity contribution is 7.91. The number of aryl methyl sites for hydroxylation is 2. The molecule has 8 heteroatoms. The van der Waals surface area contributed by atoms with Gasteiger partial charge in [0, 0.05) is 6.04 Å². The van der Waals surface area contributed by atoms with Gasteiger partial charge in [0.1, 0.15) is 0 Å². The van der Waals surface area contributed by atoms with Crippen molar-refractivity contribution in [3.8, 4) is 0 Å². The first-order valence-corrected chi connectivity index (χ1v) is 12.7. The molecule has 0 aliphatic rings. The van der Waals surface area contributed by atoms with Gasteiger partial charge in [-0.1, -0.05) is 53.6 Å². The summed E-state index contributed by atoms with van der Waals surface area (Å²) in [5, 5.41) is 9.81. The third kappa shape index (κ3) is 5.40. The van der Waals surface area contributed by atoms with Crippen molar-refractivity contribution >= 4 is 19.9 Å². The first-order valence-electron chi connectivity index (χ1n) is 9.73. The number of sulfonamides is 1. The SMILES string of the molecule is Cc1ccc(S(=O)(=O)N[C@@H](CO)Cc2ccccc2S(=O)(=O)c2ccc(C)cc2)cc1. The van der Waals surface area contributed by atoms with Crippen LogP contribution in [-0.4, -0.2) is 34.6 Å². The molecule has 6 nitrogen and oxygen atoms in total. The van der Waals surface area contributed by atoms with Gasteiger partial charge >= 0.3 is 0 Å². The largest absolute Gasteiger partial charge is 0.395 e. The summed E-state index contributed by atoms with van der Waals surface area (Å²) >= 11 is 0. The average Bonchev–Trinajstić information content (AvgIpc) is 2.74. The summed E-state index contributed by atoms with van der Waals surface area (Å²) in [4.78, 5) is 0.329. The molecule has 3 aromatic carbocycles. The third-order valence-corrected chi connectivity index (χ3v) is 8.34. The summed E-state index contributed by atoms with van der Waals surface area (Å²) in [6.07, 6.45) is 0.0167. The molecule has 31 heavy (non-hydrogen) atoms. The van der Waals surface area contributed by atoms with Crippen molar-refractivity contribution in [2.45, 2.75) is 41.0 Å². The molecule has 2 N–H and O–H groups in total. The van der Waals surface area contributed by atoms with E-state index in [-0.39, 0.29) is 21.1 Å². The zero-order chi connectivity index (χ0) is 22.6. The molecular formula is C23H25NO5S2. The number of aliphatic hydroxyl groups excluding tert-OH is 1. The summed E-state index contributed by atoms with van der Waals surface area (Å²) in [6, 6.07) is 18.4. The second-order valence-corrected chi connectivity index (χ2v) is 11.1. The van der Waals surface area contributed by atoms with E-state index >= 15 is 0 Å². The van der Waals surface area contributed by atoms with Gasteiger partial charge in [0.25, 0.3) is 0 Å². The molecule has 0 aromatic heterocycles. The molecule has 0 fully saturated rings. The molecule has 0 saturated heterocycles. The molecule has 1 atom stereocenters. The quantitative estimate of drug-likeness (QED) is 0.539. The highest BCUT2D eigenvalue weighted by Crippen LogP contribution is 2.25.